The van der Waals surface area contributed by atoms with E-state index in [2.05, 4.69) is 37.5 Å². The molecule has 0 aromatic heterocycles. The predicted molar refractivity (Wildman–Crippen MR) is 38.6 cm³/mol. The smallest absolute Gasteiger partial charge is 0.101 e. The fourth-order valence-corrected chi connectivity index (χ4v) is 0.642. The van der Waals surface area contributed by atoms with Gasteiger partial charge in [-0.25, -0.2) is 0 Å². The van der Waals surface area contributed by atoms with Crippen LogP contribution in [0.15, 0.2) is 0 Å². The summed E-state index contributed by atoms with van der Waals surface area (Å²) in [5, 5.41) is 0. The van der Waals surface area contributed by atoms with Crippen LogP contribution in [-0.4, -0.2) is 0 Å². The maximum atomic E-state index is 3.10. The Morgan fingerprint density at radius 2 is 2.00 bits per heavy atom. The van der Waals surface area contributed by atoms with Crippen molar-refractivity contribution in [3.8, 4) is 23.7 Å². The van der Waals surface area contributed by atoms with Crippen LogP contribution in [0.25, 0.3) is 0 Å². The molecule has 46 valence electrons. The van der Waals surface area contributed by atoms with E-state index in [1.807, 2.05) is 0 Å². The standard InChI is InChI=1S/C9H10/c1-3-5-6-9(4-2)7-8-9/h3-4H2,1-2H3. The van der Waals surface area contributed by atoms with E-state index >= 15 is 0 Å². The summed E-state index contributed by atoms with van der Waals surface area (Å²) >= 11 is 0. The summed E-state index contributed by atoms with van der Waals surface area (Å²) < 4.78 is 0. The molecule has 9 heavy (non-hydrogen) atoms. The lowest BCUT2D eigenvalue weighted by Crippen LogP contribution is -1.97. The third-order valence-electron chi connectivity index (χ3n) is 1.44. The van der Waals surface area contributed by atoms with E-state index in [0.717, 1.165) is 12.8 Å². The Morgan fingerprint density at radius 1 is 1.33 bits per heavy atom. The van der Waals surface area contributed by atoms with Gasteiger partial charge in [-0.3, -0.25) is 0 Å². The molecule has 0 heterocycles. The first-order chi connectivity index (χ1) is 4.33. The van der Waals surface area contributed by atoms with Crippen LogP contribution in [0.1, 0.15) is 26.7 Å². The van der Waals surface area contributed by atoms with Crippen LogP contribution in [0, 0.1) is 29.1 Å². The molecule has 1 aliphatic rings. The first-order valence-electron chi connectivity index (χ1n) is 3.37. The van der Waals surface area contributed by atoms with E-state index in [1.54, 1.807) is 0 Å². The molecule has 0 nitrogen and oxygen atoms in total. The van der Waals surface area contributed by atoms with Gasteiger partial charge in [0, 0.05) is 6.42 Å². The molecular weight excluding hydrogens is 108 g/mol. The molecule has 0 aliphatic heterocycles. The average molecular weight is 118 g/mol. The summed E-state index contributed by atoms with van der Waals surface area (Å²) in [5.74, 6) is 12.1. The molecule has 0 atom stereocenters. The molecule has 0 amide bonds. The third kappa shape index (κ3) is 1.27. The molecule has 0 aromatic rings. The Bertz CT molecular complexity index is 206. The van der Waals surface area contributed by atoms with Crippen LogP contribution in [0.4, 0.5) is 0 Å². The fraction of sp³-hybridized carbons (Fsp3) is 0.556. The molecule has 1 rings (SSSR count). The first kappa shape index (κ1) is 6.24. The van der Waals surface area contributed by atoms with Crippen LogP contribution >= 0.6 is 0 Å². The molecule has 0 saturated heterocycles. The SMILES string of the molecule is CCC#CC1(CC)C#C1. The molecule has 0 N–H and O–H groups in total. The zero-order chi connectivity index (χ0) is 6.74. The molecule has 0 heteroatoms. The molecule has 0 aromatic carbocycles. The van der Waals surface area contributed by atoms with Crippen molar-refractivity contribution in [1.82, 2.24) is 0 Å². The quantitative estimate of drug-likeness (QED) is 0.461. The first-order valence-corrected chi connectivity index (χ1v) is 3.37. The Labute approximate surface area is 56.7 Å². The topological polar surface area (TPSA) is 0 Å². The minimum Gasteiger partial charge on any atom is -0.101 e. The van der Waals surface area contributed by atoms with E-state index in [1.165, 1.54) is 0 Å². The summed E-state index contributed by atoms with van der Waals surface area (Å²) in [6.45, 7) is 4.16. The fourth-order valence-electron chi connectivity index (χ4n) is 0.642. The second kappa shape index (κ2) is 2.16. The van der Waals surface area contributed by atoms with Gasteiger partial charge >= 0.3 is 0 Å². The van der Waals surface area contributed by atoms with Crippen LogP contribution in [0.3, 0.4) is 0 Å². The van der Waals surface area contributed by atoms with Gasteiger partial charge in [0.05, 0.1) is 0 Å². The highest BCUT2D eigenvalue weighted by Crippen LogP contribution is 2.27. The largest absolute Gasteiger partial charge is 0.151 e. The monoisotopic (exact) mass is 118 g/mol. The van der Waals surface area contributed by atoms with Crippen molar-refractivity contribution < 1.29 is 0 Å². The minimum atomic E-state index is -0.0178. The summed E-state index contributed by atoms with van der Waals surface area (Å²) in [6, 6.07) is 0. The highest BCUT2D eigenvalue weighted by molar-refractivity contribution is 5.50. The molecule has 0 bridgehead atoms. The van der Waals surface area contributed by atoms with Gasteiger partial charge < -0.3 is 0 Å². The summed E-state index contributed by atoms with van der Waals surface area (Å²) in [5.41, 5.74) is -0.0178. The van der Waals surface area contributed by atoms with Crippen molar-refractivity contribution in [1.29, 1.82) is 0 Å². The van der Waals surface area contributed by atoms with Gasteiger partial charge in [0.2, 0.25) is 0 Å². The minimum absolute atomic E-state index is 0.0178. The maximum Gasteiger partial charge on any atom is 0.151 e. The molecule has 0 unspecified atom stereocenters. The molecule has 1 aliphatic carbocycles. The number of hydrogen-bond acceptors (Lipinski definition) is 0. The van der Waals surface area contributed by atoms with Gasteiger partial charge in [0.15, 0.2) is 5.41 Å². The van der Waals surface area contributed by atoms with Crippen molar-refractivity contribution in [3.63, 3.8) is 0 Å². The second-order valence-electron chi connectivity index (χ2n) is 2.16. The van der Waals surface area contributed by atoms with Gasteiger partial charge in [0.25, 0.3) is 0 Å². The summed E-state index contributed by atoms with van der Waals surface area (Å²) in [7, 11) is 0. The van der Waals surface area contributed by atoms with Gasteiger partial charge in [-0.1, -0.05) is 31.6 Å². The third-order valence-corrected chi connectivity index (χ3v) is 1.44. The lowest BCUT2D eigenvalue weighted by molar-refractivity contribution is 0.735. The average Bonchev–Trinajstić information content (AvgIpc) is 2.65. The summed E-state index contributed by atoms with van der Waals surface area (Å²) in [4.78, 5) is 0. The van der Waals surface area contributed by atoms with E-state index in [4.69, 9.17) is 0 Å². The second-order valence-corrected chi connectivity index (χ2v) is 2.16. The molecule has 0 fully saturated rings. The number of hydrogen-bond donors (Lipinski definition) is 0. The van der Waals surface area contributed by atoms with Gasteiger partial charge in [-0.2, -0.15) is 0 Å². The highest BCUT2D eigenvalue weighted by atomic mass is 14.3. The molecule has 0 radical (unpaired) electrons. The molecule has 0 spiro atoms. The van der Waals surface area contributed by atoms with Gasteiger partial charge in [-0.15, -0.1) is 5.92 Å². The zero-order valence-electron chi connectivity index (χ0n) is 5.91. The molecule has 0 saturated carbocycles. The van der Waals surface area contributed by atoms with Gasteiger partial charge in [0.1, 0.15) is 0 Å². The van der Waals surface area contributed by atoms with Crippen LogP contribution < -0.4 is 0 Å². The van der Waals surface area contributed by atoms with E-state index < -0.39 is 0 Å². The van der Waals surface area contributed by atoms with Crippen molar-refractivity contribution >= 4 is 0 Å². The predicted octanol–water partition coefficient (Wildman–Crippen LogP) is 1.81. The van der Waals surface area contributed by atoms with Crippen LogP contribution in [0.5, 0.6) is 0 Å². The van der Waals surface area contributed by atoms with Crippen LogP contribution in [-0.2, 0) is 0 Å². The van der Waals surface area contributed by atoms with E-state index in [9.17, 15) is 0 Å². The lowest BCUT2D eigenvalue weighted by atomic mass is 10.0. The zero-order valence-corrected chi connectivity index (χ0v) is 5.91. The van der Waals surface area contributed by atoms with Crippen molar-refractivity contribution in [2.45, 2.75) is 26.7 Å². The maximum absolute atomic E-state index is 3.10. The Morgan fingerprint density at radius 3 is 2.33 bits per heavy atom. The normalized spacial score (nSPS) is 16.7. The highest BCUT2D eigenvalue weighted by Gasteiger charge is 2.28. The van der Waals surface area contributed by atoms with Crippen LogP contribution in [0.2, 0.25) is 0 Å². The Balaban J connectivity index is 2.43. The van der Waals surface area contributed by atoms with E-state index in [0.29, 0.717) is 0 Å². The van der Waals surface area contributed by atoms with Crippen molar-refractivity contribution in [2.24, 2.45) is 5.41 Å². The number of rotatable bonds is 1. The Hall–Kier alpha value is -0.880. The lowest BCUT2D eigenvalue weighted by Gasteiger charge is -1.97. The summed E-state index contributed by atoms with van der Waals surface area (Å²) in [6.07, 6.45) is 1.96. The molecular formula is C9H10. The van der Waals surface area contributed by atoms with Gasteiger partial charge in [-0.05, 0) is 6.42 Å². The van der Waals surface area contributed by atoms with Crippen molar-refractivity contribution in [2.75, 3.05) is 0 Å². The van der Waals surface area contributed by atoms with Crippen molar-refractivity contribution in [3.05, 3.63) is 0 Å². The Kier molecular flexibility index (Phi) is 1.50. The van der Waals surface area contributed by atoms with E-state index in [-0.39, 0.29) is 5.41 Å².